The molecule has 2 aromatic carbocycles. The van der Waals surface area contributed by atoms with Crippen LogP contribution >= 0.6 is 11.8 Å². The topological polar surface area (TPSA) is 76.2 Å². The fourth-order valence-corrected chi connectivity index (χ4v) is 4.95. The van der Waals surface area contributed by atoms with Gasteiger partial charge in [-0.15, -0.1) is 11.8 Å². The van der Waals surface area contributed by atoms with E-state index in [2.05, 4.69) is 0 Å². The molecule has 0 N–H and O–H groups in total. The normalized spacial score (nSPS) is 17.8. The number of thioether (sulfide) groups is 1. The first kappa shape index (κ1) is 25.8. The molecule has 182 valence electrons. The minimum atomic E-state index is -1.00. The van der Waals surface area contributed by atoms with Gasteiger partial charge < -0.3 is 19.3 Å². The second kappa shape index (κ2) is 11.5. The van der Waals surface area contributed by atoms with Crippen molar-refractivity contribution in [3.05, 3.63) is 59.2 Å². The standard InChI is InChI=1S/C26H32N2O5S/c1-6-15-32-26(31)20-11-12-22-21(16-20)28(14-13-27(4)5)25(30)23(33-18(3)29)24(34-22)19-9-7-17(2)8-10-19/h7-12,16,23-24H,6,13-15H2,1-5H3/t23-,24+/m1/s1. The van der Waals surface area contributed by atoms with Crippen LogP contribution in [-0.2, 0) is 19.1 Å². The van der Waals surface area contributed by atoms with Gasteiger partial charge in [-0.2, -0.15) is 0 Å². The number of hydrogen-bond acceptors (Lipinski definition) is 7. The molecule has 34 heavy (non-hydrogen) atoms. The number of amides is 1. The highest BCUT2D eigenvalue weighted by molar-refractivity contribution is 7.99. The van der Waals surface area contributed by atoms with E-state index in [1.165, 1.54) is 18.7 Å². The van der Waals surface area contributed by atoms with Gasteiger partial charge in [0.05, 0.1) is 23.1 Å². The number of likely N-dealkylation sites (N-methyl/N-ethyl adjacent to an activating group) is 1. The van der Waals surface area contributed by atoms with E-state index in [-0.39, 0.29) is 5.91 Å². The van der Waals surface area contributed by atoms with Gasteiger partial charge in [0.15, 0.2) is 6.10 Å². The molecule has 0 spiro atoms. The van der Waals surface area contributed by atoms with E-state index >= 15 is 0 Å². The van der Waals surface area contributed by atoms with Gasteiger partial charge in [0.25, 0.3) is 5.91 Å². The van der Waals surface area contributed by atoms with Crippen molar-refractivity contribution < 1.29 is 23.9 Å². The number of hydrogen-bond donors (Lipinski definition) is 0. The number of anilines is 1. The summed E-state index contributed by atoms with van der Waals surface area (Å²) in [5, 5.41) is -0.432. The van der Waals surface area contributed by atoms with Crippen LogP contribution in [0.5, 0.6) is 0 Å². The first-order chi connectivity index (χ1) is 16.2. The molecule has 1 aliphatic heterocycles. The number of carbonyl (C=O) groups is 3. The zero-order chi connectivity index (χ0) is 24.8. The number of fused-ring (bicyclic) bond motifs is 1. The van der Waals surface area contributed by atoms with Crippen LogP contribution in [0.25, 0.3) is 0 Å². The molecule has 7 nitrogen and oxygen atoms in total. The molecule has 0 aliphatic carbocycles. The summed E-state index contributed by atoms with van der Waals surface area (Å²) in [6, 6.07) is 13.1. The van der Waals surface area contributed by atoms with Crippen LogP contribution in [0.2, 0.25) is 0 Å². The van der Waals surface area contributed by atoms with E-state index in [9.17, 15) is 14.4 Å². The van der Waals surface area contributed by atoms with Crippen LogP contribution < -0.4 is 4.90 Å². The van der Waals surface area contributed by atoms with Crippen molar-refractivity contribution in [1.82, 2.24) is 4.90 Å². The molecule has 1 amide bonds. The summed E-state index contributed by atoms with van der Waals surface area (Å²) in [6.45, 7) is 6.55. The number of esters is 2. The monoisotopic (exact) mass is 484 g/mol. The number of benzene rings is 2. The fraction of sp³-hybridized carbons (Fsp3) is 0.423. The quantitative estimate of drug-likeness (QED) is 0.519. The maximum atomic E-state index is 13.9. The molecule has 0 saturated carbocycles. The SMILES string of the molecule is CCCOC(=O)c1ccc2c(c1)N(CCN(C)C)C(=O)[C@H](OC(C)=O)[C@H](c1ccc(C)cc1)S2. The first-order valence-corrected chi connectivity index (χ1v) is 12.3. The molecule has 2 aromatic rings. The summed E-state index contributed by atoms with van der Waals surface area (Å²) in [6.07, 6.45) is -0.280. The Labute approximate surface area is 205 Å². The van der Waals surface area contributed by atoms with Gasteiger partial charge >= 0.3 is 11.9 Å². The minimum absolute atomic E-state index is 0.312. The van der Waals surface area contributed by atoms with Crippen LogP contribution in [0.15, 0.2) is 47.4 Å². The van der Waals surface area contributed by atoms with E-state index in [0.29, 0.717) is 30.9 Å². The third-order valence-corrected chi connectivity index (χ3v) is 6.80. The Balaban J connectivity index is 2.10. The Morgan fingerprint density at radius 2 is 1.82 bits per heavy atom. The van der Waals surface area contributed by atoms with Gasteiger partial charge in [-0.1, -0.05) is 36.8 Å². The summed E-state index contributed by atoms with van der Waals surface area (Å²) < 4.78 is 10.9. The highest BCUT2D eigenvalue weighted by atomic mass is 32.2. The molecule has 1 aliphatic rings. The summed E-state index contributed by atoms with van der Waals surface area (Å²) in [5.74, 6) is -1.25. The van der Waals surface area contributed by atoms with Gasteiger partial charge in [-0.25, -0.2) is 4.79 Å². The molecular weight excluding hydrogens is 452 g/mol. The number of ether oxygens (including phenoxy) is 2. The lowest BCUT2D eigenvalue weighted by Crippen LogP contribution is -2.45. The van der Waals surface area contributed by atoms with Gasteiger partial charge in [-0.3, -0.25) is 9.59 Å². The van der Waals surface area contributed by atoms with Crippen molar-refractivity contribution in [3.8, 4) is 0 Å². The average molecular weight is 485 g/mol. The van der Waals surface area contributed by atoms with Crippen molar-refractivity contribution in [1.29, 1.82) is 0 Å². The van der Waals surface area contributed by atoms with Crippen LogP contribution in [0.4, 0.5) is 5.69 Å². The van der Waals surface area contributed by atoms with E-state index in [0.717, 1.165) is 22.4 Å². The van der Waals surface area contributed by atoms with Crippen molar-refractivity contribution >= 4 is 35.3 Å². The molecule has 0 bridgehead atoms. The van der Waals surface area contributed by atoms with Gasteiger partial charge in [0, 0.05) is 24.9 Å². The van der Waals surface area contributed by atoms with Gasteiger partial charge in [0.2, 0.25) is 0 Å². The lowest BCUT2D eigenvalue weighted by molar-refractivity contribution is -0.152. The summed E-state index contributed by atoms with van der Waals surface area (Å²) in [4.78, 5) is 42.9. The van der Waals surface area contributed by atoms with E-state index in [1.807, 2.05) is 63.2 Å². The van der Waals surface area contributed by atoms with Crippen LogP contribution in [0, 0.1) is 6.92 Å². The van der Waals surface area contributed by atoms with Gasteiger partial charge in [-0.05, 0) is 51.2 Å². The molecule has 0 unspecified atom stereocenters. The van der Waals surface area contributed by atoms with Gasteiger partial charge in [0.1, 0.15) is 0 Å². The zero-order valence-corrected chi connectivity index (χ0v) is 21.2. The molecule has 1 heterocycles. The minimum Gasteiger partial charge on any atom is -0.462 e. The lowest BCUT2D eigenvalue weighted by atomic mass is 10.0. The Bertz CT molecular complexity index is 1040. The molecule has 3 rings (SSSR count). The second-order valence-corrected chi connectivity index (χ2v) is 9.77. The summed E-state index contributed by atoms with van der Waals surface area (Å²) in [7, 11) is 3.85. The third-order valence-electron chi connectivity index (χ3n) is 5.43. The fourth-order valence-electron chi connectivity index (χ4n) is 3.65. The largest absolute Gasteiger partial charge is 0.462 e. The van der Waals surface area contributed by atoms with E-state index < -0.39 is 23.3 Å². The molecular formula is C26H32N2O5S. The van der Waals surface area contributed by atoms with E-state index in [1.54, 1.807) is 17.0 Å². The summed E-state index contributed by atoms with van der Waals surface area (Å²) >= 11 is 1.46. The number of nitrogens with zero attached hydrogens (tertiary/aromatic N) is 2. The van der Waals surface area contributed by atoms with Crippen LogP contribution in [0.3, 0.4) is 0 Å². The Hall–Kier alpha value is -2.84. The zero-order valence-electron chi connectivity index (χ0n) is 20.4. The predicted molar refractivity (Wildman–Crippen MR) is 133 cm³/mol. The van der Waals surface area contributed by atoms with E-state index in [4.69, 9.17) is 9.47 Å². The maximum Gasteiger partial charge on any atom is 0.338 e. The van der Waals surface area contributed by atoms with Crippen molar-refractivity contribution in [2.24, 2.45) is 0 Å². The summed E-state index contributed by atoms with van der Waals surface area (Å²) in [5.41, 5.74) is 2.99. The molecule has 2 atom stereocenters. The maximum absolute atomic E-state index is 13.9. The smallest absolute Gasteiger partial charge is 0.338 e. The van der Waals surface area contributed by atoms with Crippen molar-refractivity contribution in [3.63, 3.8) is 0 Å². The molecule has 0 radical (unpaired) electrons. The third kappa shape index (κ3) is 6.18. The highest BCUT2D eigenvalue weighted by Gasteiger charge is 2.41. The lowest BCUT2D eigenvalue weighted by Gasteiger charge is -2.28. The highest BCUT2D eigenvalue weighted by Crippen LogP contribution is 2.47. The predicted octanol–water partition coefficient (Wildman–Crippen LogP) is 4.24. The second-order valence-electron chi connectivity index (χ2n) is 8.59. The average Bonchev–Trinajstić information content (AvgIpc) is 2.90. The first-order valence-electron chi connectivity index (χ1n) is 11.4. The molecule has 0 fully saturated rings. The molecule has 0 aromatic heterocycles. The molecule has 0 saturated heterocycles. The number of carbonyl (C=O) groups excluding carboxylic acids is 3. The Morgan fingerprint density at radius 1 is 1.12 bits per heavy atom. The van der Waals surface area contributed by atoms with Crippen LogP contribution in [0.1, 0.15) is 47.0 Å². The number of aryl methyl sites for hydroxylation is 1. The van der Waals surface area contributed by atoms with Crippen LogP contribution in [-0.4, -0.2) is 62.6 Å². The molecule has 8 heteroatoms. The Kier molecular flexibility index (Phi) is 8.74. The number of rotatable bonds is 8. The Morgan fingerprint density at radius 3 is 2.44 bits per heavy atom. The van der Waals surface area contributed by atoms with Crippen molar-refractivity contribution in [2.75, 3.05) is 38.7 Å². The van der Waals surface area contributed by atoms with Crippen molar-refractivity contribution in [2.45, 2.75) is 43.4 Å².